The number of hydrogen-bond acceptors (Lipinski definition) is 10. The first-order valence-electron chi connectivity index (χ1n) is 40.5. The van der Waals surface area contributed by atoms with E-state index in [1.165, 1.54) is 163 Å². The van der Waals surface area contributed by atoms with Gasteiger partial charge in [0, 0.05) is 37.5 Å². The zero-order valence-corrected chi connectivity index (χ0v) is 82.5. The van der Waals surface area contributed by atoms with Crippen LogP contribution < -0.4 is 26.5 Å². The van der Waals surface area contributed by atoms with Crippen LogP contribution in [0, 0.1) is 49.4 Å². The van der Waals surface area contributed by atoms with Crippen LogP contribution in [-0.2, 0) is 0 Å². The molecule has 6 atom stereocenters. The molecule has 10 heterocycles. The van der Waals surface area contributed by atoms with Crippen molar-refractivity contribution in [1.82, 2.24) is 9.80 Å². The van der Waals surface area contributed by atoms with Crippen molar-refractivity contribution in [3.63, 3.8) is 0 Å². The summed E-state index contributed by atoms with van der Waals surface area (Å²) in [5.41, 5.74) is 2.43. The summed E-state index contributed by atoms with van der Waals surface area (Å²) < 4.78 is 5.15. The second-order valence-corrected chi connectivity index (χ2v) is 81.5. The van der Waals surface area contributed by atoms with Crippen molar-refractivity contribution < 1.29 is 19.2 Å². The van der Waals surface area contributed by atoms with Crippen molar-refractivity contribution >= 4 is 203 Å². The first-order chi connectivity index (χ1) is 48.6. The van der Waals surface area contributed by atoms with Crippen molar-refractivity contribution in [2.45, 2.75) is 305 Å². The van der Waals surface area contributed by atoms with Crippen molar-refractivity contribution in [1.29, 1.82) is 0 Å². The van der Waals surface area contributed by atoms with Gasteiger partial charge in [-0.3, -0.25) is 29.0 Å². The van der Waals surface area contributed by atoms with Gasteiger partial charge in [0.05, 0.1) is 34.7 Å². The Morgan fingerprint density at radius 3 is 1.01 bits per heavy atom. The Bertz CT molecular complexity index is 3650. The fraction of sp³-hybridized carbons (Fsp3) is 0.667. The second-order valence-electron chi connectivity index (χ2n) is 33.2. The Hall–Kier alpha value is -0.529. The first-order valence-corrected chi connectivity index (χ1v) is 71.8. The number of imide groups is 2. The fourth-order valence-corrected chi connectivity index (χ4v) is 53.4. The molecule has 6 unspecified atom stereocenters. The van der Waals surface area contributed by atoms with Crippen LogP contribution in [-0.4, -0.2) is 99.4 Å². The Morgan fingerprint density at radius 2 is 0.667 bits per heavy atom. The van der Waals surface area contributed by atoms with E-state index < -0.39 is 52.9 Å². The molecule has 102 heavy (non-hydrogen) atoms. The molecule has 0 saturated carbocycles. The topological polar surface area (TPSA) is 74.8 Å². The SMILES string of the molecule is CCCCC(CC)CN1C(=O)c2c(Br)sc(Br)c2C1=O.CCCCC(CC)CN1C(=O)c2c(C)sc(-c3cc4c(s3)-c3sc(C)cc3[Si]4(CC(CC)CCCC)CC(CC)CCCC)c2C1=O.CCCCC(CC)C[Si]1(CC(CC)CCCC)c2c[c]([Sn]([CH3])([CH3])[CH3])sc2-c2s[c]([Sn]([CH3])([CH3])[CH3])cc21. The molecule has 18 heteroatoms. The molecule has 0 aromatic carbocycles. The second kappa shape index (κ2) is 39.1. The van der Waals surface area contributed by atoms with E-state index in [-0.39, 0.29) is 23.6 Å². The summed E-state index contributed by atoms with van der Waals surface area (Å²) >= 11 is 14.0. The number of nitrogens with zero attached hydrogens (tertiary/aromatic N) is 2. The van der Waals surface area contributed by atoms with Gasteiger partial charge in [-0.25, -0.2) is 0 Å². The molecule has 0 N–H and O–H groups in total. The molecule has 566 valence electrons. The molecule has 0 spiro atoms. The van der Waals surface area contributed by atoms with Crippen LogP contribution in [0.5, 0.6) is 0 Å². The van der Waals surface area contributed by atoms with E-state index in [2.05, 4.69) is 205 Å². The van der Waals surface area contributed by atoms with Crippen LogP contribution in [0.3, 0.4) is 0 Å². The summed E-state index contributed by atoms with van der Waals surface area (Å²) in [6.07, 6.45) is 30.2. The number of carbonyl (C=O) groups excluding carboxylic acids is 4. The third-order valence-electron chi connectivity index (χ3n) is 23.7. The number of carbonyl (C=O) groups is 4. The van der Waals surface area contributed by atoms with E-state index in [1.54, 1.807) is 36.4 Å². The Kier molecular flexibility index (Phi) is 33.4. The molecule has 0 aliphatic carbocycles. The summed E-state index contributed by atoms with van der Waals surface area (Å²) in [5.74, 6) is 3.67. The van der Waals surface area contributed by atoms with Gasteiger partial charge in [0.25, 0.3) is 23.6 Å². The monoisotopic (exact) mass is 1880 g/mol. The van der Waals surface area contributed by atoms with Crippen molar-refractivity contribution in [3.05, 3.63) is 63.8 Å². The molecule has 0 bridgehead atoms. The Morgan fingerprint density at radius 1 is 0.363 bits per heavy atom. The van der Waals surface area contributed by atoms with Crippen LogP contribution in [0.4, 0.5) is 0 Å². The number of thiophene rings is 6. The van der Waals surface area contributed by atoms with Crippen LogP contribution in [0.1, 0.15) is 288 Å². The maximum atomic E-state index is 14.1. The zero-order valence-electron chi connectivity index (χ0n) is 66.7. The number of rotatable bonds is 39. The molecule has 0 radical (unpaired) electrons. The van der Waals surface area contributed by atoms with E-state index >= 15 is 0 Å². The molecule has 6 nitrogen and oxygen atoms in total. The number of halogens is 2. The molecule has 10 rings (SSSR count). The van der Waals surface area contributed by atoms with E-state index in [0.717, 1.165) is 92.4 Å². The first kappa shape index (κ1) is 87.1. The van der Waals surface area contributed by atoms with E-state index in [1.807, 2.05) is 38.8 Å². The standard InChI is InChI=1S/C40H59NO2S3Si.C24H36S2Si.C14H17Br2NO2S.6CH3.2Sn/c1-9-15-18-28(12-4)23-41-39(42)34-27(8)45-36(35(34)40(41)43)31-22-33-38(46-31)37-32(21-26(7)44-37)47(33,24-29(13-5)19-16-10-2)25-30(14-6)20-17-11-3;1-5-9-11-19(7-3)17-27(18-20(8-4)12-10-6-2)21-13-15-25-23(21)24-22(27)14-16-26-24;1-3-5-6-8(4-2)7-17-13(18)9-10(14(17)19)12(16)20-11(9)15;;;;;;;;/h21-22,28-30H,9-20,23-25H2,1-8H3;13-14,19-20H,5-12,17-18H2,1-4H3;8H,3-7H2,1-2H3;6*1H3;;. The quantitative estimate of drug-likeness (QED) is 0.0285. The average molecular weight is 1880 g/mol. The third kappa shape index (κ3) is 19.3. The Balaban J connectivity index is 0.000000210. The molecule has 4 amide bonds. The molecular weight excluding hydrogens is 1750 g/mol. The van der Waals surface area contributed by atoms with Crippen LogP contribution in [0.25, 0.3) is 29.3 Å². The molecule has 0 fully saturated rings. The molecule has 4 aliphatic rings. The summed E-state index contributed by atoms with van der Waals surface area (Å²) in [5, 5.41) is 7.22. The van der Waals surface area contributed by atoms with Crippen molar-refractivity contribution in [2.24, 2.45) is 35.5 Å². The Labute approximate surface area is 670 Å². The third-order valence-corrected chi connectivity index (χ3v) is 62.6. The summed E-state index contributed by atoms with van der Waals surface area (Å²) in [7, 11) is -3.84. The summed E-state index contributed by atoms with van der Waals surface area (Å²) in [6.45, 7) is 33.4. The van der Waals surface area contributed by atoms with E-state index in [0.29, 0.717) is 47.2 Å². The summed E-state index contributed by atoms with van der Waals surface area (Å²) in [6, 6.07) is 16.6. The minimum absolute atomic E-state index is 0.0553. The van der Waals surface area contributed by atoms with Crippen molar-refractivity contribution in [3.8, 4) is 29.3 Å². The number of unbranched alkanes of at least 4 members (excludes halogenated alkanes) is 6. The maximum absolute atomic E-state index is 14.1. The molecule has 4 aliphatic heterocycles. The van der Waals surface area contributed by atoms with Gasteiger partial charge in [0.2, 0.25) is 0 Å². The van der Waals surface area contributed by atoms with Gasteiger partial charge >= 0.3 is 238 Å². The molecule has 6 aromatic rings. The van der Waals surface area contributed by atoms with Crippen LogP contribution in [0.2, 0.25) is 53.8 Å². The van der Waals surface area contributed by atoms with Crippen LogP contribution >= 0.6 is 99.9 Å². The zero-order chi connectivity index (χ0) is 74.8. The molecular formula is C84H130Br2N2O4S6Si2Sn2. The van der Waals surface area contributed by atoms with Crippen LogP contribution in [0.15, 0.2) is 31.8 Å². The van der Waals surface area contributed by atoms with E-state index in [9.17, 15) is 19.2 Å². The number of aryl methyl sites for hydroxylation is 2. The van der Waals surface area contributed by atoms with Crippen molar-refractivity contribution in [2.75, 3.05) is 13.1 Å². The van der Waals surface area contributed by atoms with Gasteiger partial charge in [-0.1, -0.05) is 145 Å². The van der Waals surface area contributed by atoms with Gasteiger partial charge in [0.15, 0.2) is 0 Å². The number of hydrogen-bond donors (Lipinski definition) is 0. The summed E-state index contributed by atoms with van der Waals surface area (Å²) in [4.78, 5) is 82.9. The van der Waals surface area contributed by atoms with Gasteiger partial charge in [-0.05, 0) is 117 Å². The number of fused-ring (bicyclic) bond motifs is 8. The van der Waals surface area contributed by atoms with Gasteiger partial charge in [-0.15, -0.1) is 45.3 Å². The normalized spacial score (nSPS) is 17.6. The number of amides is 4. The predicted molar refractivity (Wildman–Crippen MR) is 474 cm³/mol. The van der Waals surface area contributed by atoms with E-state index in [4.69, 9.17) is 0 Å². The molecule has 6 aromatic heterocycles. The minimum atomic E-state index is -2.12. The molecule has 0 saturated heterocycles. The van der Waals surface area contributed by atoms with Gasteiger partial charge in [-0.2, -0.15) is 0 Å². The predicted octanol–water partition coefficient (Wildman–Crippen LogP) is 25.9. The fourth-order valence-electron chi connectivity index (χ4n) is 17.1. The van der Waals surface area contributed by atoms with Gasteiger partial charge < -0.3 is 0 Å². The van der Waals surface area contributed by atoms with Gasteiger partial charge in [0.1, 0.15) is 8.07 Å². The average Bonchev–Trinajstić information content (AvgIpc) is 1.55.